The van der Waals surface area contributed by atoms with Crippen LogP contribution < -0.4 is 5.73 Å². The van der Waals surface area contributed by atoms with Crippen LogP contribution in [-0.4, -0.2) is 25.0 Å². The molecule has 0 unspecified atom stereocenters. The van der Waals surface area contributed by atoms with Crippen molar-refractivity contribution in [2.75, 3.05) is 13.2 Å². The number of ketones is 1. The minimum Gasteiger partial charge on any atom is -0.381 e. The van der Waals surface area contributed by atoms with Crippen LogP contribution in [0, 0.1) is 11.8 Å². The van der Waals surface area contributed by atoms with E-state index in [9.17, 15) is 4.79 Å². The normalized spacial score (nSPS) is 21.8. The Hall–Kier alpha value is -0.410. The van der Waals surface area contributed by atoms with Crippen LogP contribution in [-0.2, 0) is 9.53 Å². The SMILES string of the molecule is CC(C)C(=O)[C@H](N)C1CCOCC1. The number of ether oxygens (including phenoxy) is 1. The van der Waals surface area contributed by atoms with Crippen molar-refractivity contribution in [1.29, 1.82) is 0 Å². The van der Waals surface area contributed by atoms with Crippen LogP contribution in [0.1, 0.15) is 26.7 Å². The minimum atomic E-state index is -0.274. The van der Waals surface area contributed by atoms with Crippen molar-refractivity contribution in [1.82, 2.24) is 0 Å². The van der Waals surface area contributed by atoms with Crippen LogP contribution in [0.2, 0.25) is 0 Å². The summed E-state index contributed by atoms with van der Waals surface area (Å²) < 4.78 is 5.22. The van der Waals surface area contributed by atoms with E-state index in [1.54, 1.807) is 0 Å². The number of carbonyl (C=O) groups is 1. The van der Waals surface area contributed by atoms with Gasteiger partial charge in [0.05, 0.1) is 6.04 Å². The molecule has 3 nitrogen and oxygen atoms in total. The highest BCUT2D eigenvalue weighted by atomic mass is 16.5. The Labute approximate surface area is 79.6 Å². The Bertz CT molecular complexity index is 174. The van der Waals surface area contributed by atoms with Crippen molar-refractivity contribution >= 4 is 5.78 Å². The smallest absolute Gasteiger partial charge is 0.152 e. The molecule has 2 N–H and O–H groups in total. The van der Waals surface area contributed by atoms with Crippen LogP contribution in [0.15, 0.2) is 0 Å². The van der Waals surface area contributed by atoms with Crippen molar-refractivity contribution in [3.8, 4) is 0 Å². The van der Waals surface area contributed by atoms with Gasteiger partial charge in [0, 0.05) is 19.1 Å². The largest absolute Gasteiger partial charge is 0.381 e. The van der Waals surface area contributed by atoms with Crippen LogP contribution in [0.5, 0.6) is 0 Å². The monoisotopic (exact) mass is 185 g/mol. The molecule has 1 aliphatic heterocycles. The van der Waals surface area contributed by atoms with Crippen LogP contribution >= 0.6 is 0 Å². The summed E-state index contributed by atoms with van der Waals surface area (Å²) in [6, 6.07) is -0.274. The number of Topliss-reactive ketones (excluding diaryl/α,β-unsaturated/α-hetero) is 1. The van der Waals surface area contributed by atoms with Gasteiger partial charge in [0.25, 0.3) is 0 Å². The van der Waals surface area contributed by atoms with Gasteiger partial charge in [-0.25, -0.2) is 0 Å². The number of hydrogen-bond donors (Lipinski definition) is 1. The highest BCUT2D eigenvalue weighted by molar-refractivity contribution is 5.85. The average Bonchev–Trinajstić information content (AvgIpc) is 2.17. The zero-order valence-electron chi connectivity index (χ0n) is 8.45. The van der Waals surface area contributed by atoms with Crippen molar-refractivity contribution in [2.24, 2.45) is 17.6 Å². The highest BCUT2D eigenvalue weighted by Crippen LogP contribution is 2.19. The molecule has 0 bridgehead atoms. The number of hydrogen-bond acceptors (Lipinski definition) is 3. The Kier molecular flexibility index (Phi) is 3.88. The van der Waals surface area contributed by atoms with Gasteiger partial charge in [-0.2, -0.15) is 0 Å². The Balaban J connectivity index is 2.45. The Morgan fingerprint density at radius 1 is 1.38 bits per heavy atom. The van der Waals surface area contributed by atoms with E-state index in [2.05, 4.69) is 0 Å². The molecule has 0 spiro atoms. The van der Waals surface area contributed by atoms with Crippen molar-refractivity contribution in [2.45, 2.75) is 32.7 Å². The summed E-state index contributed by atoms with van der Waals surface area (Å²) in [4.78, 5) is 11.6. The third kappa shape index (κ3) is 2.78. The summed E-state index contributed by atoms with van der Waals surface area (Å²) in [5, 5.41) is 0. The van der Waals surface area contributed by atoms with E-state index in [0.29, 0.717) is 5.92 Å². The molecule has 13 heavy (non-hydrogen) atoms. The molecule has 1 saturated heterocycles. The lowest BCUT2D eigenvalue weighted by Gasteiger charge is -2.27. The Morgan fingerprint density at radius 3 is 2.38 bits per heavy atom. The lowest BCUT2D eigenvalue weighted by atomic mass is 9.86. The maximum atomic E-state index is 11.6. The summed E-state index contributed by atoms with van der Waals surface area (Å²) >= 11 is 0. The van der Waals surface area contributed by atoms with Gasteiger partial charge < -0.3 is 10.5 Å². The molecule has 1 heterocycles. The van der Waals surface area contributed by atoms with Crippen LogP contribution in [0.3, 0.4) is 0 Å². The predicted octanol–water partition coefficient (Wildman–Crippen LogP) is 0.965. The molecule has 0 aliphatic carbocycles. The molecule has 0 aromatic carbocycles. The molecular formula is C10H19NO2. The summed E-state index contributed by atoms with van der Waals surface area (Å²) in [6.07, 6.45) is 1.86. The highest BCUT2D eigenvalue weighted by Gasteiger charge is 2.27. The maximum absolute atomic E-state index is 11.6. The van der Waals surface area contributed by atoms with E-state index in [1.165, 1.54) is 0 Å². The third-order valence-corrected chi connectivity index (χ3v) is 2.67. The molecular weight excluding hydrogens is 166 g/mol. The second-order valence-corrected chi connectivity index (χ2v) is 4.03. The first-order chi connectivity index (χ1) is 6.13. The molecule has 1 rings (SSSR count). The minimum absolute atomic E-state index is 0.0536. The predicted molar refractivity (Wildman–Crippen MR) is 51.4 cm³/mol. The fraction of sp³-hybridized carbons (Fsp3) is 0.900. The van der Waals surface area contributed by atoms with E-state index in [0.717, 1.165) is 26.1 Å². The van der Waals surface area contributed by atoms with Crippen molar-refractivity contribution in [3.63, 3.8) is 0 Å². The van der Waals surface area contributed by atoms with Gasteiger partial charge >= 0.3 is 0 Å². The molecule has 0 aromatic heterocycles. The second-order valence-electron chi connectivity index (χ2n) is 4.03. The molecule has 0 radical (unpaired) electrons. The zero-order chi connectivity index (χ0) is 9.84. The second kappa shape index (κ2) is 4.72. The lowest BCUT2D eigenvalue weighted by molar-refractivity contribution is -0.125. The lowest BCUT2D eigenvalue weighted by Crippen LogP contribution is -2.42. The number of nitrogens with two attached hydrogens (primary N) is 1. The molecule has 1 atom stereocenters. The van der Waals surface area contributed by atoms with Gasteiger partial charge in [-0.1, -0.05) is 13.8 Å². The Morgan fingerprint density at radius 2 is 1.92 bits per heavy atom. The number of rotatable bonds is 3. The maximum Gasteiger partial charge on any atom is 0.152 e. The fourth-order valence-corrected chi connectivity index (χ4v) is 1.69. The summed E-state index contributed by atoms with van der Waals surface area (Å²) in [6.45, 7) is 5.32. The number of carbonyl (C=O) groups excluding carboxylic acids is 1. The average molecular weight is 185 g/mol. The quantitative estimate of drug-likeness (QED) is 0.712. The molecule has 1 aliphatic rings. The van der Waals surface area contributed by atoms with Gasteiger partial charge in [-0.15, -0.1) is 0 Å². The van der Waals surface area contributed by atoms with Crippen LogP contribution in [0.4, 0.5) is 0 Å². The van der Waals surface area contributed by atoms with Gasteiger partial charge in [0.2, 0.25) is 0 Å². The molecule has 1 fully saturated rings. The van der Waals surface area contributed by atoms with E-state index >= 15 is 0 Å². The molecule has 76 valence electrons. The summed E-state index contributed by atoms with van der Waals surface area (Å²) in [5.41, 5.74) is 5.89. The van der Waals surface area contributed by atoms with E-state index in [-0.39, 0.29) is 17.7 Å². The van der Waals surface area contributed by atoms with Gasteiger partial charge in [-0.3, -0.25) is 4.79 Å². The van der Waals surface area contributed by atoms with Gasteiger partial charge in [0.15, 0.2) is 5.78 Å². The first-order valence-corrected chi connectivity index (χ1v) is 5.00. The van der Waals surface area contributed by atoms with E-state index in [4.69, 9.17) is 10.5 Å². The van der Waals surface area contributed by atoms with E-state index in [1.807, 2.05) is 13.8 Å². The van der Waals surface area contributed by atoms with Gasteiger partial charge in [-0.05, 0) is 18.8 Å². The molecule has 0 saturated carbocycles. The van der Waals surface area contributed by atoms with Crippen molar-refractivity contribution < 1.29 is 9.53 Å². The molecule has 0 amide bonds. The fourth-order valence-electron chi connectivity index (χ4n) is 1.69. The van der Waals surface area contributed by atoms with Crippen molar-refractivity contribution in [3.05, 3.63) is 0 Å². The van der Waals surface area contributed by atoms with Crippen LogP contribution in [0.25, 0.3) is 0 Å². The molecule has 3 heteroatoms. The van der Waals surface area contributed by atoms with Gasteiger partial charge in [0.1, 0.15) is 0 Å². The summed E-state index contributed by atoms with van der Waals surface area (Å²) in [7, 11) is 0. The standard InChI is InChI=1S/C10H19NO2/c1-7(2)10(12)9(11)8-3-5-13-6-4-8/h7-9H,3-6,11H2,1-2H3/t9-/m1/s1. The zero-order valence-corrected chi connectivity index (χ0v) is 8.45. The first kappa shape index (κ1) is 10.7. The third-order valence-electron chi connectivity index (χ3n) is 2.67. The summed E-state index contributed by atoms with van der Waals surface area (Å²) in [5.74, 6) is 0.577. The topological polar surface area (TPSA) is 52.3 Å². The molecule has 0 aromatic rings. The van der Waals surface area contributed by atoms with E-state index < -0.39 is 0 Å². The first-order valence-electron chi connectivity index (χ1n) is 5.00.